The first-order chi connectivity index (χ1) is 9.76. The summed E-state index contributed by atoms with van der Waals surface area (Å²) >= 11 is 0. The van der Waals surface area contributed by atoms with Crippen LogP contribution in [0.2, 0.25) is 0 Å². The van der Waals surface area contributed by atoms with Gasteiger partial charge in [-0.1, -0.05) is 13.3 Å². The lowest BCUT2D eigenvalue weighted by molar-refractivity contribution is -0.143. The van der Waals surface area contributed by atoms with Crippen LogP contribution in [0.4, 0.5) is 0 Å². The van der Waals surface area contributed by atoms with Gasteiger partial charge in [-0.3, -0.25) is 4.79 Å². The Kier molecular flexibility index (Phi) is 9.67. The van der Waals surface area contributed by atoms with E-state index in [9.17, 15) is 4.79 Å². The molecule has 0 aliphatic heterocycles. The zero-order chi connectivity index (χ0) is 14.6. The number of nitrogens with one attached hydrogen (secondary N) is 1. The molecule has 1 fully saturated rings. The van der Waals surface area contributed by atoms with Gasteiger partial charge in [0.25, 0.3) is 0 Å². The molecular weight excluding hydrogens is 254 g/mol. The summed E-state index contributed by atoms with van der Waals surface area (Å²) in [6, 6.07) is 0.699. The van der Waals surface area contributed by atoms with Crippen LogP contribution in [-0.2, 0) is 14.3 Å². The van der Waals surface area contributed by atoms with Gasteiger partial charge in [-0.15, -0.1) is 0 Å². The summed E-state index contributed by atoms with van der Waals surface area (Å²) in [6.45, 7) is 6.39. The fourth-order valence-electron chi connectivity index (χ4n) is 2.75. The third-order valence-corrected chi connectivity index (χ3v) is 3.85. The van der Waals surface area contributed by atoms with E-state index in [4.69, 9.17) is 9.47 Å². The first-order valence-electron chi connectivity index (χ1n) is 8.26. The molecule has 0 spiro atoms. The number of hydrogen-bond acceptors (Lipinski definition) is 4. The van der Waals surface area contributed by atoms with Crippen LogP contribution in [0, 0.1) is 0 Å². The lowest BCUT2D eigenvalue weighted by atomic mass is 9.93. The average Bonchev–Trinajstić information content (AvgIpc) is 2.45. The van der Waals surface area contributed by atoms with Gasteiger partial charge >= 0.3 is 5.97 Å². The van der Waals surface area contributed by atoms with Crippen molar-refractivity contribution in [2.75, 3.05) is 19.8 Å². The molecule has 1 saturated carbocycles. The molecule has 1 N–H and O–H groups in total. The van der Waals surface area contributed by atoms with Crippen LogP contribution >= 0.6 is 0 Å². The molecule has 0 radical (unpaired) electrons. The smallest absolute Gasteiger partial charge is 0.305 e. The molecule has 0 aromatic rings. The maximum atomic E-state index is 11.1. The van der Waals surface area contributed by atoms with E-state index >= 15 is 0 Å². The third kappa shape index (κ3) is 7.85. The Bertz CT molecular complexity index is 250. The van der Waals surface area contributed by atoms with Gasteiger partial charge in [0.15, 0.2) is 0 Å². The molecule has 4 nitrogen and oxygen atoms in total. The van der Waals surface area contributed by atoms with Crippen molar-refractivity contribution in [2.45, 2.75) is 77.4 Å². The zero-order valence-corrected chi connectivity index (χ0v) is 13.2. The largest absolute Gasteiger partial charge is 0.466 e. The minimum Gasteiger partial charge on any atom is -0.466 e. The second-order valence-corrected chi connectivity index (χ2v) is 5.52. The lowest BCUT2D eigenvalue weighted by Gasteiger charge is -2.29. The second kappa shape index (κ2) is 11.1. The van der Waals surface area contributed by atoms with Gasteiger partial charge in [0.2, 0.25) is 0 Å². The molecule has 1 rings (SSSR count). The molecule has 0 aromatic carbocycles. The van der Waals surface area contributed by atoms with Crippen LogP contribution in [0.3, 0.4) is 0 Å². The molecular formula is C16H31NO3. The van der Waals surface area contributed by atoms with Gasteiger partial charge in [-0.05, 0) is 52.0 Å². The summed E-state index contributed by atoms with van der Waals surface area (Å²) in [7, 11) is 0. The summed E-state index contributed by atoms with van der Waals surface area (Å²) < 4.78 is 10.8. The Labute approximate surface area is 123 Å². The molecule has 1 aliphatic rings. The average molecular weight is 285 g/mol. The van der Waals surface area contributed by atoms with Crippen LogP contribution in [0.15, 0.2) is 0 Å². The number of hydrogen-bond donors (Lipinski definition) is 1. The highest BCUT2D eigenvalue weighted by atomic mass is 16.5. The van der Waals surface area contributed by atoms with Crippen molar-refractivity contribution in [3.8, 4) is 0 Å². The molecule has 118 valence electrons. The monoisotopic (exact) mass is 285 g/mol. The molecule has 4 heteroatoms. The summed E-state index contributed by atoms with van der Waals surface area (Å²) in [4.78, 5) is 11.1. The minimum absolute atomic E-state index is 0.0739. The summed E-state index contributed by atoms with van der Waals surface area (Å²) in [5, 5.41) is 3.51. The Morgan fingerprint density at radius 3 is 2.50 bits per heavy atom. The summed E-state index contributed by atoms with van der Waals surface area (Å²) in [5.41, 5.74) is 0. The predicted octanol–water partition coefficient (Wildman–Crippen LogP) is 3.05. The van der Waals surface area contributed by atoms with Crippen molar-refractivity contribution in [3.05, 3.63) is 0 Å². The van der Waals surface area contributed by atoms with E-state index in [2.05, 4.69) is 12.2 Å². The van der Waals surface area contributed by atoms with E-state index in [1.54, 1.807) is 0 Å². The van der Waals surface area contributed by atoms with Crippen LogP contribution in [-0.4, -0.2) is 37.9 Å². The topological polar surface area (TPSA) is 47.6 Å². The zero-order valence-electron chi connectivity index (χ0n) is 13.2. The van der Waals surface area contributed by atoms with Crippen molar-refractivity contribution in [1.82, 2.24) is 5.32 Å². The number of carbonyl (C=O) groups excluding carboxylic acids is 1. The summed E-state index contributed by atoms with van der Waals surface area (Å²) in [6.07, 6.45) is 8.84. The van der Waals surface area contributed by atoms with Crippen molar-refractivity contribution in [3.63, 3.8) is 0 Å². The predicted molar refractivity (Wildman–Crippen MR) is 80.8 cm³/mol. The highest BCUT2D eigenvalue weighted by Gasteiger charge is 2.20. The van der Waals surface area contributed by atoms with Crippen molar-refractivity contribution >= 4 is 5.97 Å². The van der Waals surface area contributed by atoms with E-state index in [1.807, 2.05) is 6.92 Å². The Morgan fingerprint density at radius 1 is 1.10 bits per heavy atom. The highest BCUT2D eigenvalue weighted by Crippen LogP contribution is 2.21. The lowest BCUT2D eigenvalue weighted by Crippen LogP contribution is -2.35. The molecule has 1 aliphatic carbocycles. The summed E-state index contributed by atoms with van der Waals surface area (Å²) in [5.74, 6) is -0.0739. The Morgan fingerprint density at radius 2 is 1.85 bits per heavy atom. The van der Waals surface area contributed by atoms with Gasteiger partial charge in [0.1, 0.15) is 0 Å². The quantitative estimate of drug-likeness (QED) is 0.495. The molecule has 0 saturated heterocycles. The van der Waals surface area contributed by atoms with Gasteiger partial charge in [0, 0.05) is 19.1 Å². The number of ether oxygens (including phenoxy) is 2. The molecule has 0 heterocycles. The van der Waals surface area contributed by atoms with Gasteiger partial charge in [-0.25, -0.2) is 0 Å². The van der Waals surface area contributed by atoms with E-state index < -0.39 is 0 Å². The molecule has 0 amide bonds. The Balaban J connectivity index is 1.91. The molecule has 0 unspecified atom stereocenters. The number of rotatable bonds is 10. The fourth-order valence-corrected chi connectivity index (χ4v) is 2.75. The number of unbranched alkanes of at least 4 members (excludes halogenated alkanes) is 2. The first kappa shape index (κ1) is 17.4. The van der Waals surface area contributed by atoms with Gasteiger partial charge in [-0.2, -0.15) is 0 Å². The van der Waals surface area contributed by atoms with E-state index in [0.717, 1.165) is 32.4 Å². The fraction of sp³-hybridized carbons (Fsp3) is 0.938. The van der Waals surface area contributed by atoms with Crippen LogP contribution in [0.25, 0.3) is 0 Å². The highest BCUT2D eigenvalue weighted by molar-refractivity contribution is 5.69. The number of carbonyl (C=O) groups is 1. The van der Waals surface area contributed by atoms with Crippen LogP contribution in [0.1, 0.15) is 65.2 Å². The maximum Gasteiger partial charge on any atom is 0.305 e. The molecule has 20 heavy (non-hydrogen) atoms. The maximum absolute atomic E-state index is 11.1. The van der Waals surface area contributed by atoms with Gasteiger partial charge < -0.3 is 14.8 Å². The van der Waals surface area contributed by atoms with Crippen LogP contribution < -0.4 is 5.32 Å². The van der Waals surface area contributed by atoms with E-state index in [-0.39, 0.29) is 5.97 Å². The SMILES string of the molecule is CCNC1CCC(OCCCCCC(=O)OCC)CC1. The standard InChI is InChI=1S/C16H31NO3/c1-3-17-14-9-11-15(12-10-14)20-13-7-5-6-8-16(18)19-4-2/h14-15,17H,3-13H2,1-2H3. The molecule has 0 aromatic heterocycles. The first-order valence-corrected chi connectivity index (χ1v) is 8.26. The normalized spacial score (nSPS) is 22.7. The van der Waals surface area contributed by atoms with Crippen molar-refractivity contribution < 1.29 is 14.3 Å². The van der Waals surface area contributed by atoms with Crippen LogP contribution in [0.5, 0.6) is 0 Å². The molecule has 0 atom stereocenters. The van der Waals surface area contributed by atoms with E-state index in [1.165, 1.54) is 25.7 Å². The van der Waals surface area contributed by atoms with Crippen molar-refractivity contribution in [1.29, 1.82) is 0 Å². The third-order valence-electron chi connectivity index (χ3n) is 3.85. The van der Waals surface area contributed by atoms with E-state index in [0.29, 0.717) is 25.2 Å². The Hall–Kier alpha value is -0.610. The number of esters is 1. The van der Waals surface area contributed by atoms with Crippen molar-refractivity contribution in [2.24, 2.45) is 0 Å². The second-order valence-electron chi connectivity index (χ2n) is 5.52. The molecule has 0 bridgehead atoms. The van der Waals surface area contributed by atoms with Gasteiger partial charge in [0.05, 0.1) is 12.7 Å². The minimum atomic E-state index is -0.0739.